The van der Waals surface area contributed by atoms with Crippen LogP contribution in [0.4, 0.5) is 4.39 Å². The van der Waals surface area contributed by atoms with Crippen molar-refractivity contribution in [2.24, 2.45) is 0 Å². The van der Waals surface area contributed by atoms with Gasteiger partial charge in [0.15, 0.2) is 0 Å². The number of aliphatic hydroxyl groups is 2. The first-order chi connectivity index (χ1) is 11.6. The second kappa shape index (κ2) is 9.11. The van der Waals surface area contributed by atoms with Crippen LogP contribution in [0.5, 0.6) is 0 Å². The zero-order chi connectivity index (χ0) is 17.5. The minimum Gasteiger partial charge on any atom is -0.395 e. The van der Waals surface area contributed by atoms with Crippen LogP contribution in [-0.2, 0) is 11.2 Å². The zero-order valence-electron chi connectivity index (χ0n) is 14.1. The molecule has 0 saturated carbocycles. The molecule has 1 aromatic rings. The molecule has 0 aromatic heterocycles. The average molecular weight is 338 g/mol. The van der Waals surface area contributed by atoms with Crippen molar-refractivity contribution >= 4 is 5.91 Å². The number of carbonyl (C=O) groups excluding carboxylic acids is 1. The summed E-state index contributed by atoms with van der Waals surface area (Å²) >= 11 is 0. The Morgan fingerprint density at radius 3 is 2.71 bits per heavy atom. The second-order valence-corrected chi connectivity index (χ2v) is 6.30. The fourth-order valence-electron chi connectivity index (χ4n) is 3.20. The van der Waals surface area contributed by atoms with E-state index >= 15 is 0 Å². The maximum absolute atomic E-state index is 14.3. The number of rotatable bonds is 7. The molecule has 0 unspecified atom stereocenters. The Morgan fingerprint density at radius 1 is 1.38 bits per heavy atom. The Bertz CT molecular complexity index is 514. The lowest BCUT2D eigenvalue weighted by Gasteiger charge is -2.44. The number of nitrogens with one attached hydrogen (secondary N) is 1. The highest BCUT2D eigenvalue weighted by molar-refractivity contribution is 5.76. The SMILES string of the molecule is CCC(=O)N[C@H]1CN(CCCc2ccccc2)[C@H](CO)[C@@H](O)[C@H]1F. The molecule has 134 valence electrons. The highest BCUT2D eigenvalue weighted by Crippen LogP contribution is 2.22. The third-order valence-corrected chi connectivity index (χ3v) is 4.61. The van der Waals surface area contributed by atoms with E-state index in [-0.39, 0.29) is 18.9 Å². The fraction of sp³-hybridized carbons (Fsp3) is 0.611. The smallest absolute Gasteiger partial charge is 0.220 e. The molecule has 2 rings (SSSR count). The number of amides is 1. The van der Waals surface area contributed by atoms with Gasteiger partial charge < -0.3 is 15.5 Å². The summed E-state index contributed by atoms with van der Waals surface area (Å²) in [5.74, 6) is -0.235. The number of aliphatic hydroxyl groups excluding tert-OH is 2. The van der Waals surface area contributed by atoms with Gasteiger partial charge in [-0.1, -0.05) is 37.3 Å². The number of nitrogens with zero attached hydrogens (tertiary/aromatic N) is 1. The Labute approximate surface area is 142 Å². The molecule has 1 aliphatic rings. The first-order valence-corrected chi connectivity index (χ1v) is 8.57. The molecule has 0 radical (unpaired) electrons. The molecule has 3 N–H and O–H groups in total. The van der Waals surface area contributed by atoms with Gasteiger partial charge in [0.2, 0.25) is 5.91 Å². The normalized spacial score (nSPS) is 27.8. The number of benzene rings is 1. The van der Waals surface area contributed by atoms with Crippen molar-refractivity contribution in [2.75, 3.05) is 19.7 Å². The molecule has 1 amide bonds. The van der Waals surface area contributed by atoms with Crippen LogP contribution in [0.2, 0.25) is 0 Å². The van der Waals surface area contributed by atoms with E-state index in [1.807, 2.05) is 23.1 Å². The fourth-order valence-corrected chi connectivity index (χ4v) is 3.20. The lowest BCUT2D eigenvalue weighted by atomic mass is 9.93. The van der Waals surface area contributed by atoms with E-state index < -0.39 is 24.4 Å². The van der Waals surface area contributed by atoms with Crippen LogP contribution in [0, 0.1) is 0 Å². The third kappa shape index (κ3) is 4.75. The van der Waals surface area contributed by atoms with Crippen molar-refractivity contribution in [1.82, 2.24) is 10.2 Å². The van der Waals surface area contributed by atoms with E-state index in [4.69, 9.17) is 0 Å². The molecule has 6 heteroatoms. The molecule has 0 aliphatic carbocycles. The lowest BCUT2D eigenvalue weighted by molar-refractivity contribution is -0.125. The monoisotopic (exact) mass is 338 g/mol. The van der Waals surface area contributed by atoms with E-state index in [0.29, 0.717) is 13.1 Å². The lowest BCUT2D eigenvalue weighted by Crippen LogP contribution is -2.65. The Kier molecular flexibility index (Phi) is 7.15. The van der Waals surface area contributed by atoms with Gasteiger partial charge >= 0.3 is 0 Å². The van der Waals surface area contributed by atoms with Gasteiger partial charge in [-0.3, -0.25) is 9.69 Å². The second-order valence-electron chi connectivity index (χ2n) is 6.30. The molecular weight excluding hydrogens is 311 g/mol. The van der Waals surface area contributed by atoms with Crippen molar-refractivity contribution in [3.63, 3.8) is 0 Å². The summed E-state index contributed by atoms with van der Waals surface area (Å²) in [5, 5.41) is 22.3. The van der Waals surface area contributed by atoms with Crippen LogP contribution >= 0.6 is 0 Å². The minimum atomic E-state index is -1.57. The largest absolute Gasteiger partial charge is 0.395 e. The summed E-state index contributed by atoms with van der Waals surface area (Å²) < 4.78 is 14.3. The Morgan fingerprint density at radius 2 is 2.08 bits per heavy atom. The number of hydrogen-bond donors (Lipinski definition) is 3. The predicted octanol–water partition coefficient (Wildman–Crippen LogP) is 0.889. The van der Waals surface area contributed by atoms with Gasteiger partial charge in [-0.05, 0) is 24.9 Å². The van der Waals surface area contributed by atoms with E-state index in [2.05, 4.69) is 17.4 Å². The number of carbonyl (C=O) groups is 1. The summed E-state index contributed by atoms with van der Waals surface area (Å²) in [4.78, 5) is 13.4. The number of likely N-dealkylation sites (tertiary alicyclic amines) is 1. The van der Waals surface area contributed by atoms with Crippen molar-refractivity contribution in [2.45, 2.75) is 50.5 Å². The Hall–Kier alpha value is -1.50. The van der Waals surface area contributed by atoms with Gasteiger partial charge in [0.1, 0.15) is 12.3 Å². The first-order valence-electron chi connectivity index (χ1n) is 8.57. The van der Waals surface area contributed by atoms with Crippen molar-refractivity contribution in [3.05, 3.63) is 35.9 Å². The van der Waals surface area contributed by atoms with Crippen LogP contribution in [0.15, 0.2) is 30.3 Å². The van der Waals surface area contributed by atoms with Crippen LogP contribution in [0.1, 0.15) is 25.3 Å². The summed E-state index contributed by atoms with van der Waals surface area (Å²) in [5.41, 5.74) is 1.22. The highest BCUT2D eigenvalue weighted by atomic mass is 19.1. The Balaban J connectivity index is 1.95. The molecule has 5 nitrogen and oxygen atoms in total. The summed E-state index contributed by atoms with van der Waals surface area (Å²) in [7, 11) is 0. The van der Waals surface area contributed by atoms with Crippen molar-refractivity contribution in [3.8, 4) is 0 Å². The molecule has 24 heavy (non-hydrogen) atoms. The van der Waals surface area contributed by atoms with E-state index in [9.17, 15) is 19.4 Å². The molecule has 1 aliphatic heterocycles. The van der Waals surface area contributed by atoms with Gasteiger partial charge in [-0.15, -0.1) is 0 Å². The summed E-state index contributed by atoms with van der Waals surface area (Å²) in [6, 6.07) is 8.67. The number of aryl methyl sites for hydroxylation is 1. The maximum Gasteiger partial charge on any atom is 0.220 e. The van der Waals surface area contributed by atoms with Crippen molar-refractivity contribution < 1.29 is 19.4 Å². The van der Waals surface area contributed by atoms with Crippen LogP contribution < -0.4 is 5.32 Å². The molecule has 0 bridgehead atoms. The summed E-state index contributed by atoms with van der Waals surface area (Å²) in [6.07, 6.45) is -0.892. The number of halogens is 1. The average Bonchev–Trinajstić information content (AvgIpc) is 2.60. The van der Waals surface area contributed by atoms with E-state index in [1.165, 1.54) is 5.56 Å². The molecule has 0 spiro atoms. The van der Waals surface area contributed by atoms with Gasteiger partial charge in [-0.2, -0.15) is 0 Å². The van der Waals surface area contributed by atoms with Crippen LogP contribution in [0.25, 0.3) is 0 Å². The topological polar surface area (TPSA) is 72.8 Å². The maximum atomic E-state index is 14.3. The van der Waals surface area contributed by atoms with E-state index in [0.717, 1.165) is 12.8 Å². The molecule has 1 aromatic carbocycles. The number of alkyl halides is 1. The molecule has 1 fully saturated rings. The minimum absolute atomic E-state index is 0.235. The predicted molar refractivity (Wildman–Crippen MR) is 90.3 cm³/mol. The van der Waals surface area contributed by atoms with Gasteiger partial charge in [0.25, 0.3) is 0 Å². The van der Waals surface area contributed by atoms with Gasteiger partial charge in [-0.25, -0.2) is 4.39 Å². The number of piperidine rings is 1. The van der Waals surface area contributed by atoms with Crippen molar-refractivity contribution in [1.29, 1.82) is 0 Å². The van der Waals surface area contributed by atoms with E-state index in [1.54, 1.807) is 6.92 Å². The highest BCUT2D eigenvalue weighted by Gasteiger charge is 2.43. The van der Waals surface area contributed by atoms with Crippen LogP contribution in [0.3, 0.4) is 0 Å². The van der Waals surface area contributed by atoms with Gasteiger partial charge in [0.05, 0.1) is 18.7 Å². The first kappa shape index (κ1) is 18.8. The molecular formula is C18H27FN2O3. The van der Waals surface area contributed by atoms with Crippen LogP contribution in [-0.4, -0.2) is 65.1 Å². The molecule has 4 atom stereocenters. The third-order valence-electron chi connectivity index (χ3n) is 4.61. The standard InChI is InChI=1S/C18H27FN2O3/c1-2-16(23)20-14-11-21(15(12-22)18(24)17(14)19)10-6-9-13-7-4-3-5-8-13/h3-5,7-8,14-15,17-18,22,24H,2,6,9-12H2,1H3,(H,20,23)/t14-,15+,17-,18+/m0/s1. The van der Waals surface area contributed by atoms with Gasteiger partial charge in [0, 0.05) is 13.0 Å². The zero-order valence-corrected chi connectivity index (χ0v) is 14.1. The molecule has 1 heterocycles. The molecule has 1 saturated heterocycles. The number of hydrogen-bond acceptors (Lipinski definition) is 4. The summed E-state index contributed by atoms with van der Waals surface area (Å²) in [6.45, 7) is 2.32. The quantitative estimate of drug-likeness (QED) is 0.690.